The van der Waals surface area contributed by atoms with Gasteiger partial charge >= 0.3 is 0 Å². The van der Waals surface area contributed by atoms with Crippen LogP contribution in [0, 0.1) is 0 Å². The van der Waals surface area contributed by atoms with Crippen LogP contribution in [0.2, 0.25) is 5.02 Å². The summed E-state index contributed by atoms with van der Waals surface area (Å²) in [6.45, 7) is 2.15. The first kappa shape index (κ1) is 15.5. The Morgan fingerprint density at radius 1 is 1.53 bits per heavy atom. The average Bonchev–Trinajstić information content (AvgIpc) is 2.38. The largest absolute Gasteiger partial charge is 0.409 e. The Kier molecular flexibility index (Phi) is 5.40. The molecule has 0 aliphatic carbocycles. The maximum Gasteiger partial charge on any atom is 0.299 e. The van der Waals surface area contributed by atoms with E-state index in [1.807, 2.05) is 6.92 Å². The molecule has 0 saturated heterocycles. The van der Waals surface area contributed by atoms with Crippen LogP contribution in [-0.2, 0) is 10.2 Å². The van der Waals surface area contributed by atoms with E-state index in [0.29, 0.717) is 18.5 Å². The van der Waals surface area contributed by atoms with Gasteiger partial charge < -0.3 is 10.9 Å². The van der Waals surface area contributed by atoms with Gasteiger partial charge in [-0.2, -0.15) is 13.1 Å². The number of rotatable bonds is 6. The number of benzene rings is 1. The number of oxime groups is 1. The Bertz CT molecular complexity index is 574. The fraction of sp³-hybridized carbons (Fsp3) is 0.300. The second kappa shape index (κ2) is 6.60. The van der Waals surface area contributed by atoms with Crippen molar-refractivity contribution in [3.63, 3.8) is 0 Å². The minimum Gasteiger partial charge on any atom is -0.409 e. The molecule has 0 aromatic heterocycles. The minimum atomic E-state index is -3.70. The van der Waals surface area contributed by atoms with E-state index < -0.39 is 10.2 Å². The first-order valence-electron chi connectivity index (χ1n) is 5.44. The van der Waals surface area contributed by atoms with Crippen LogP contribution >= 0.6 is 11.6 Å². The molecular weight excluding hydrogens is 292 g/mol. The highest BCUT2D eigenvalue weighted by atomic mass is 35.5. The molecule has 0 atom stereocenters. The van der Waals surface area contributed by atoms with Crippen molar-refractivity contribution in [1.82, 2.24) is 4.72 Å². The van der Waals surface area contributed by atoms with Crippen molar-refractivity contribution in [1.29, 1.82) is 0 Å². The van der Waals surface area contributed by atoms with E-state index in [1.165, 1.54) is 18.2 Å². The molecule has 1 rings (SSSR count). The topological polar surface area (TPSA) is 117 Å². The molecule has 0 amide bonds. The van der Waals surface area contributed by atoms with E-state index in [4.69, 9.17) is 22.5 Å². The Labute approximate surface area is 116 Å². The van der Waals surface area contributed by atoms with Gasteiger partial charge in [-0.25, -0.2) is 0 Å². The second-order valence-corrected chi connectivity index (χ2v) is 5.59. The van der Waals surface area contributed by atoms with E-state index in [9.17, 15) is 8.42 Å². The first-order valence-corrected chi connectivity index (χ1v) is 7.30. The number of amidine groups is 1. The van der Waals surface area contributed by atoms with Gasteiger partial charge in [-0.3, -0.25) is 4.72 Å². The zero-order valence-electron chi connectivity index (χ0n) is 10.2. The van der Waals surface area contributed by atoms with Crippen LogP contribution in [-0.4, -0.2) is 26.0 Å². The molecule has 1 aromatic carbocycles. The first-order chi connectivity index (χ1) is 8.89. The van der Waals surface area contributed by atoms with Gasteiger partial charge in [-0.1, -0.05) is 23.7 Å². The molecule has 7 nitrogen and oxygen atoms in total. The molecule has 9 heteroatoms. The molecule has 0 radical (unpaired) electrons. The fourth-order valence-electron chi connectivity index (χ4n) is 1.24. The van der Waals surface area contributed by atoms with E-state index in [2.05, 4.69) is 14.6 Å². The molecule has 0 saturated carbocycles. The Balaban J connectivity index is 3.01. The molecule has 1 aromatic rings. The van der Waals surface area contributed by atoms with Crippen LogP contribution in [0.3, 0.4) is 0 Å². The highest BCUT2D eigenvalue weighted by Crippen LogP contribution is 2.23. The molecule has 0 unspecified atom stereocenters. The van der Waals surface area contributed by atoms with Crippen LogP contribution in [0.15, 0.2) is 23.4 Å². The van der Waals surface area contributed by atoms with Crippen molar-refractivity contribution >= 4 is 33.3 Å². The van der Waals surface area contributed by atoms with Gasteiger partial charge in [0.25, 0.3) is 10.2 Å². The lowest BCUT2D eigenvalue weighted by molar-refractivity contribution is 0.318. The van der Waals surface area contributed by atoms with Crippen LogP contribution < -0.4 is 15.2 Å². The highest BCUT2D eigenvalue weighted by molar-refractivity contribution is 7.90. The van der Waals surface area contributed by atoms with E-state index in [0.717, 1.165) is 0 Å². The van der Waals surface area contributed by atoms with Crippen molar-refractivity contribution < 1.29 is 13.6 Å². The van der Waals surface area contributed by atoms with Gasteiger partial charge in [0.15, 0.2) is 5.84 Å². The van der Waals surface area contributed by atoms with Gasteiger partial charge in [-0.15, -0.1) is 0 Å². The number of anilines is 1. The zero-order chi connectivity index (χ0) is 14.5. The van der Waals surface area contributed by atoms with Crippen LogP contribution in [0.5, 0.6) is 0 Å². The highest BCUT2D eigenvalue weighted by Gasteiger charge is 2.12. The van der Waals surface area contributed by atoms with E-state index in [1.54, 1.807) is 0 Å². The number of nitrogens with zero attached hydrogens (tertiary/aromatic N) is 1. The summed E-state index contributed by atoms with van der Waals surface area (Å²) in [7, 11) is -3.70. The molecule has 19 heavy (non-hydrogen) atoms. The van der Waals surface area contributed by atoms with Gasteiger partial charge in [0.1, 0.15) is 0 Å². The molecular formula is C10H15ClN4O3S. The summed E-state index contributed by atoms with van der Waals surface area (Å²) < 4.78 is 28.0. The van der Waals surface area contributed by atoms with Gasteiger partial charge in [-0.05, 0) is 24.6 Å². The smallest absolute Gasteiger partial charge is 0.299 e. The minimum absolute atomic E-state index is 0.140. The molecule has 0 heterocycles. The van der Waals surface area contributed by atoms with E-state index >= 15 is 0 Å². The number of hydrogen-bond acceptors (Lipinski definition) is 4. The van der Waals surface area contributed by atoms with Gasteiger partial charge in [0, 0.05) is 12.1 Å². The Morgan fingerprint density at radius 3 is 2.79 bits per heavy atom. The zero-order valence-corrected chi connectivity index (χ0v) is 11.8. The fourth-order valence-corrected chi connectivity index (χ4v) is 2.46. The van der Waals surface area contributed by atoms with Gasteiger partial charge in [0.05, 0.1) is 10.7 Å². The standard InChI is InChI=1S/C10H15ClN4O3S/c1-2-5-13-19(17,18)15-9-6-7(10(12)14-16)3-4-8(9)11/h3-4,6,13,15-16H,2,5H2,1H3,(H2,12,14). The van der Waals surface area contributed by atoms with Crippen molar-refractivity contribution in [2.75, 3.05) is 11.3 Å². The summed E-state index contributed by atoms with van der Waals surface area (Å²) in [5.41, 5.74) is 5.92. The van der Waals surface area contributed by atoms with Crippen molar-refractivity contribution in [2.24, 2.45) is 10.9 Å². The van der Waals surface area contributed by atoms with Crippen molar-refractivity contribution in [3.05, 3.63) is 28.8 Å². The third-order valence-electron chi connectivity index (χ3n) is 2.16. The predicted octanol–water partition coefficient (Wildman–Crippen LogP) is 1.09. The molecule has 0 spiro atoms. The van der Waals surface area contributed by atoms with Gasteiger partial charge in [0.2, 0.25) is 0 Å². The maximum absolute atomic E-state index is 11.7. The third kappa shape index (κ3) is 4.58. The summed E-state index contributed by atoms with van der Waals surface area (Å²) in [5.74, 6) is -0.140. The monoisotopic (exact) mass is 306 g/mol. The van der Waals surface area contributed by atoms with Crippen molar-refractivity contribution in [3.8, 4) is 0 Å². The number of nitrogens with two attached hydrogens (primary N) is 1. The summed E-state index contributed by atoms with van der Waals surface area (Å²) in [6.07, 6.45) is 0.665. The SMILES string of the molecule is CCCNS(=O)(=O)Nc1cc(/C(N)=N/O)ccc1Cl. The van der Waals surface area contributed by atoms with Crippen molar-refractivity contribution in [2.45, 2.75) is 13.3 Å². The molecule has 106 valence electrons. The molecule has 0 fully saturated rings. The lowest BCUT2D eigenvalue weighted by Crippen LogP contribution is -2.30. The summed E-state index contributed by atoms with van der Waals surface area (Å²) >= 11 is 5.89. The molecule has 0 aliphatic heterocycles. The maximum atomic E-state index is 11.7. The molecule has 0 aliphatic rings. The number of halogens is 1. The lowest BCUT2D eigenvalue weighted by Gasteiger charge is -2.11. The molecule has 5 N–H and O–H groups in total. The average molecular weight is 307 g/mol. The quantitative estimate of drug-likeness (QED) is 0.272. The third-order valence-corrected chi connectivity index (χ3v) is 3.56. The van der Waals surface area contributed by atoms with Crippen LogP contribution in [0.25, 0.3) is 0 Å². The Morgan fingerprint density at radius 2 is 2.21 bits per heavy atom. The lowest BCUT2D eigenvalue weighted by atomic mass is 10.2. The molecule has 0 bridgehead atoms. The van der Waals surface area contributed by atoms with Crippen LogP contribution in [0.4, 0.5) is 5.69 Å². The second-order valence-electron chi connectivity index (χ2n) is 3.68. The Hall–Kier alpha value is -1.51. The number of hydrogen-bond donors (Lipinski definition) is 4. The number of nitrogens with one attached hydrogen (secondary N) is 2. The van der Waals surface area contributed by atoms with Crippen LogP contribution in [0.1, 0.15) is 18.9 Å². The normalized spacial score (nSPS) is 12.4. The predicted molar refractivity (Wildman–Crippen MR) is 74.8 cm³/mol. The van der Waals surface area contributed by atoms with E-state index in [-0.39, 0.29) is 16.5 Å². The summed E-state index contributed by atoms with van der Waals surface area (Å²) in [4.78, 5) is 0. The summed E-state index contributed by atoms with van der Waals surface area (Å²) in [6, 6.07) is 4.34. The summed E-state index contributed by atoms with van der Waals surface area (Å²) in [5, 5.41) is 11.6.